The molecule has 1 aliphatic rings. The highest BCUT2D eigenvalue weighted by Gasteiger charge is 2.17. The van der Waals surface area contributed by atoms with Crippen LogP contribution in [-0.4, -0.2) is 34.7 Å². The molecule has 0 bridgehead atoms. The van der Waals surface area contributed by atoms with Crippen molar-refractivity contribution in [3.8, 4) is 5.69 Å². The molecule has 2 aromatic rings. The molecule has 5 nitrogen and oxygen atoms in total. The van der Waals surface area contributed by atoms with Crippen molar-refractivity contribution in [3.63, 3.8) is 0 Å². The van der Waals surface area contributed by atoms with E-state index >= 15 is 0 Å². The molecule has 1 saturated heterocycles. The fourth-order valence-corrected chi connectivity index (χ4v) is 2.40. The molecule has 1 aliphatic heterocycles. The van der Waals surface area contributed by atoms with Crippen LogP contribution in [0.3, 0.4) is 0 Å². The molecule has 1 aromatic carbocycles. The number of hydrogen-bond acceptors (Lipinski definition) is 3. The van der Waals surface area contributed by atoms with Gasteiger partial charge in [-0.15, -0.1) is 0 Å². The van der Waals surface area contributed by atoms with Gasteiger partial charge >= 0.3 is 0 Å². The minimum absolute atomic E-state index is 0.146. The van der Waals surface area contributed by atoms with Crippen LogP contribution in [0.15, 0.2) is 36.8 Å². The molecule has 21 heavy (non-hydrogen) atoms. The lowest BCUT2D eigenvalue weighted by atomic mass is 10.2. The van der Waals surface area contributed by atoms with E-state index in [4.69, 9.17) is 4.74 Å². The predicted octanol–water partition coefficient (Wildman–Crippen LogP) is 2.09. The van der Waals surface area contributed by atoms with E-state index in [0.29, 0.717) is 12.2 Å². The number of nitrogens with zero attached hydrogens (tertiary/aromatic N) is 2. The Hall–Kier alpha value is -2.14. The molecule has 0 unspecified atom stereocenters. The second kappa shape index (κ2) is 6.10. The lowest BCUT2D eigenvalue weighted by Gasteiger charge is -2.09. The van der Waals surface area contributed by atoms with Gasteiger partial charge in [0.15, 0.2) is 0 Å². The normalized spacial score (nSPS) is 17.9. The van der Waals surface area contributed by atoms with E-state index in [0.717, 1.165) is 25.1 Å². The molecular formula is C16H19N3O2. The van der Waals surface area contributed by atoms with E-state index in [1.165, 1.54) is 5.56 Å². The lowest BCUT2D eigenvalue weighted by Crippen LogP contribution is -2.31. The number of aryl methyl sites for hydroxylation is 1. The fourth-order valence-electron chi connectivity index (χ4n) is 2.40. The predicted molar refractivity (Wildman–Crippen MR) is 79.6 cm³/mol. The van der Waals surface area contributed by atoms with Crippen molar-refractivity contribution in [1.82, 2.24) is 14.9 Å². The van der Waals surface area contributed by atoms with Gasteiger partial charge in [-0.05, 0) is 31.9 Å². The van der Waals surface area contributed by atoms with Crippen LogP contribution < -0.4 is 5.32 Å². The molecule has 0 spiro atoms. The molecule has 0 radical (unpaired) electrons. The molecule has 1 N–H and O–H groups in total. The second-order valence-corrected chi connectivity index (χ2v) is 5.35. The molecule has 1 atom stereocenters. The minimum Gasteiger partial charge on any atom is -0.376 e. The van der Waals surface area contributed by atoms with Crippen molar-refractivity contribution in [2.24, 2.45) is 0 Å². The molecule has 3 rings (SSSR count). The van der Waals surface area contributed by atoms with Crippen LogP contribution in [0.5, 0.6) is 0 Å². The number of rotatable bonds is 4. The summed E-state index contributed by atoms with van der Waals surface area (Å²) in [6.07, 6.45) is 5.63. The van der Waals surface area contributed by atoms with Gasteiger partial charge in [-0.2, -0.15) is 0 Å². The van der Waals surface area contributed by atoms with Gasteiger partial charge in [0.2, 0.25) is 0 Å². The molecule has 1 aromatic heterocycles. The zero-order valence-corrected chi connectivity index (χ0v) is 12.1. The Labute approximate surface area is 124 Å². The van der Waals surface area contributed by atoms with E-state index in [-0.39, 0.29) is 12.0 Å². The van der Waals surface area contributed by atoms with E-state index in [2.05, 4.69) is 10.3 Å². The Morgan fingerprint density at radius 2 is 2.24 bits per heavy atom. The Bertz CT molecular complexity index is 613. The van der Waals surface area contributed by atoms with Crippen molar-refractivity contribution in [2.75, 3.05) is 13.2 Å². The molecule has 0 aliphatic carbocycles. The SMILES string of the molecule is Cc1ccc(-n2cnc(C(=O)NC[C@H]3CCCO3)c2)cc1. The summed E-state index contributed by atoms with van der Waals surface area (Å²) in [4.78, 5) is 16.2. The number of amides is 1. The van der Waals surface area contributed by atoms with Crippen LogP contribution in [0.4, 0.5) is 0 Å². The van der Waals surface area contributed by atoms with Crippen LogP contribution in [0, 0.1) is 6.92 Å². The second-order valence-electron chi connectivity index (χ2n) is 5.35. The molecule has 5 heteroatoms. The highest BCUT2D eigenvalue weighted by molar-refractivity contribution is 5.92. The maximum absolute atomic E-state index is 12.1. The Morgan fingerprint density at radius 3 is 2.95 bits per heavy atom. The van der Waals surface area contributed by atoms with Crippen molar-refractivity contribution in [3.05, 3.63) is 48.0 Å². The van der Waals surface area contributed by atoms with Gasteiger partial charge in [0.1, 0.15) is 12.0 Å². The summed E-state index contributed by atoms with van der Waals surface area (Å²) >= 11 is 0. The quantitative estimate of drug-likeness (QED) is 0.936. The first-order chi connectivity index (χ1) is 10.2. The largest absolute Gasteiger partial charge is 0.376 e. The summed E-state index contributed by atoms with van der Waals surface area (Å²) in [7, 11) is 0. The number of carbonyl (C=O) groups excluding carboxylic acids is 1. The van der Waals surface area contributed by atoms with Crippen LogP contribution in [0.2, 0.25) is 0 Å². The first-order valence-electron chi connectivity index (χ1n) is 7.23. The lowest BCUT2D eigenvalue weighted by molar-refractivity contribution is 0.0854. The Morgan fingerprint density at radius 1 is 1.43 bits per heavy atom. The van der Waals surface area contributed by atoms with Gasteiger partial charge in [0, 0.05) is 25.0 Å². The van der Waals surface area contributed by atoms with Crippen LogP contribution in [-0.2, 0) is 4.74 Å². The molecule has 2 heterocycles. The highest BCUT2D eigenvalue weighted by atomic mass is 16.5. The van der Waals surface area contributed by atoms with Crippen molar-refractivity contribution in [2.45, 2.75) is 25.9 Å². The van der Waals surface area contributed by atoms with Gasteiger partial charge < -0.3 is 14.6 Å². The van der Waals surface area contributed by atoms with E-state index in [9.17, 15) is 4.79 Å². The molecule has 1 fully saturated rings. The first-order valence-corrected chi connectivity index (χ1v) is 7.23. The summed E-state index contributed by atoms with van der Waals surface area (Å²) in [5.41, 5.74) is 2.62. The third-order valence-electron chi connectivity index (χ3n) is 3.66. The zero-order valence-electron chi connectivity index (χ0n) is 12.1. The van der Waals surface area contributed by atoms with Gasteiger partial charge in [-0.1, -0.05) is 17.7 Å². The summed E-state index contributed by atoms with van der Waals surface area (Å²) in [5.74, 6) is -0.156. The van der Waals surface area contributed by atoms with Crippen LogP contribution in [0.25, 0.3) is 5.69 Å². The monoisotopic (exact) mass is 285 g/mol. The molecular weight excluding hydrogens is 266 g/mol. The first kappa shape index (κ1) is 13.8. The number of nitrogens with one attached hydrogen (secondary N) is 1. The van der Waals surface area contributed by atoms with Crippen LogP contribution in [0.1, 0.15) is 28.9 Å². The summed E-state index contributed by atoms with van der Waals surface area (Å²) in [6, 6.07) is 8.08. The maximum Gasteiger partial charge on any atom is 0.271 e. The van der Waals surface area contributed by atoms with E-state index in [1.54, 1.807) is 12.5 Å². The average Bonchev–Trinajstić information content (AvgIpc) is 3.17. The maximum atomic E-state index is 12.1. The van der Waals surface area contributed by atoms with Crippen LogP contribution >= 0.6 is 0 Å². The average molecular weight is 285 g/mol. The molecule has 0 saturated carbocycles. The van der Waals surface area contributed by atoms with Gasteiger partial charge in [0.25, 0.3) is 5.91 Å². The Balaban J connectivity index is 1.63. The third kappa shape index (κ3) is 3.31. The van der Waals surface area contributed by atoms with Gasteiger partial charge in [-0.25, -0.2) is 4.98 Å². The number of benzene rings is 1. The number of hydrogen-bond donors (Lipinski definition) is 1. The molecule has 1 amide bonds. The highest BCUT2D eigenvalue weighted by Crippen LogP contribution is 2.12. The zero-order chi connectivity index (χ0) is 14.7. The fraction of sp³-hybridized carbons (Fsp3) is 0.375. The molecule has 110 valence electrons. The number of imidazole rings is 1. The van der Waals surface area contributed by atoms with Crippen molar-refractivity contribution in [1.29, 1.82) is 0 Å². The van der Waals surface area contributed by atoms with E-state index < -0.39 is 0 Å². The summed E-state index contributed by atoms with van der Waals surface area (Å²) < 4.78 is 7.33. The third-order valence-corrected chi connectivity index (χ3v) is 3.66. The van der Waals surface area contributed by atoms with Gasteiger partial charge in [0.05, 0.1) is 6.10 Å². The van der Waals surface area contributed by atoms with Crippen molar-refractivity contribution >= 4 is 5.91 Å². The topological polar surface area (TPSA) is 56.2 Å². The standard InChI is InChI=1S/C16H19N3O2/c1-12-4-6-13(7-5-12)19-10-15(18-11-19)16(20)17-9-14-3-2-8-21-14/h4-7,10-11,14H,2-3,8-9H2,1H3,(H,17,20)/t14-/m1/s1. The number of carbonyl (C=O) groups is 1. The summed E-state index contributed by atoms with van der Waals surface area (Å²) in [6.45, 7) is 3.39. The number of ether oxygens (including phenoxy) is 1. The van der Waals surface area contributed by atoms with Crippen molar-refractivity contribution < 1.29 is 9.53 Å². The summed E-state index contributed by atoms with van der Waals surface area (Å²) in [5, 5.41) is 2.88. The smallest absolute Gasteiger partial charge is 0.271 e. The Kier molecular flexibility index (Phi) is 4.01. The number of aromatic nitrogens is 2. The minimum atomic E-state index is -0.156. The van der Waals surface area contributed by atoms with Gasteiger partial charge in [-0.3, -0.25) is 4.79 Å². The van der Waals surface area contributed by atoms with E-state index in [1.807, 2.05) is 35.8 Å².